The van der Waals surface area contributed by atoms with Gasteiger partial charge in [0.2, 0.25) is 5.91 Å². The molecule has 2 aliphatic rings. The Morgan fingerprint density at radius 2 is 1.55 bits per heavy atom. The number of hydrogen-bond acceptors (Lipinski definition) is 6. The third kappa shape index (κ3) is 3.64. The molecular formula is C24H27B2N3O3S. The smallest absolute Gasteiger partial charge is 0.405 e. The lowest BCUT2D eigenvalue weighted by Crippen LogP contribution is -2.46. The molecular weight excluding hydrogens is 432 g/mol. The van der Waals surface area contributed by atoms with Gasteiger partial charge in [0.1, 0.15) is 0 Å². The number of likely N-dealkylation sites (N-methyl/N-ethyl adjacent to an activating group) is 1. The first-order chi connectivity index (χ1) is 15.7. The molecule has 0 bridgehead atoms. The lowest BCUT2D eigenvalue weighted by atomic mass is 9.57. The second-order valence-electron chi connectivity index (χ2n) is 9.40. The highest BCUT2D eigenvalue weighted by Crippen LogP contribution is 2.43. The highest BCUT2D eigenvalue weighted by Gasteiger charge is 2.54. The average molecular weight is 459 g/mol. The number of rotatable bonds is 4. The molecule has 9 heteroatoms. The maximum absolute atomic E-state index is 13.4. The second-order valence-corrected chi connectivity index (χ2v) is 10.4. The van der Waals surface area contributed by atoms with Gasteiger partial charge in [-0.05, 0) is 56.7 Å². The van der Waals surface area contributed by atoms with E-state index in [-0.39, 0.29) is 5.91 Å². The molecule has 0 unspecified atom stereocenters. The Morgan fingerprint density at radius 1 is 0.939 bits per heavy atom. The molecule has 0 saturated carbocycles. The van der Waals surface area contributed by atoms with E-state index in [1.165, 1.54) is 0 Å². The van der Waals surface area contributed by atoms with Crippen LogP contribution in [0, 0.1) is 0 Å². The van der Waals surface area contributed by atoms with Crippen molar-refractivity contribution in [3.05, 3.63) is 64.3 Å². The fourth-order valence-electron chi connectivity index (χ4n) is 4.39. The van der Waals surface area contributed by atoms with Gasteiger partial charge in [0, 0.05) is 39.6 Å². The van der Waals surface area contributed by atoms with Crippen molar-refractivity contribution < 1.29 is 14.1 Å². The second kappa shape index (κ2) is 7.94. The molecule has 6 nitrogen and oxygen atoms in total. The van der Waals surface area contributed by atoms with Crippen molar-refractivity contribution in [2.75, 3.05) is 17.5 Å². The topological polar surface area (TPSA) is 71.6 Å². The van der Waals surface area contributed by atoms with E-state index in [1.54, 1.807) is 18.4 Å². The molecule has 2 aliphatic heterocycles. The number of hydrogen-bond donors (Lipinski definition) is 3. The molecule has 3 heterocycles. The Kier molecular flexibility index (Phi) is 5.31. The van der Waals surface area contributed by atoms with Gasteiger partial charge in [-0.3, -0.25) is 4.79 Å². The van der Waals surface area contributed by atoms with E-state index in [0.29, 0.717) is 5.47 Å². The summed E-state index contributed by atoms with van der Waals surface area (Å²) in [5, 5.41) is 14.2. The molecule has 0 radical (unpaired) electrons. The Labute approximate surface area is 199 Å². The maximum atomic E-state index is 13.4. The predicted molar refractivity (Wildman–Crippen MR) is 138 cm³/mol. The van der Waals surface area contributed by atoms with E-state index < -0.39 is 25.3 Å². The van der Waals surface area contributed by atoms with Crippen LogP contribution in [0.2, 0.25) is 0 Å². The highest BCUT2D eigenvalue weighted by molar-refractivity contribution is 7.12. The largest absolute Gasteiger partial charge is 0.496 e. The standard InChI is InChI=1S/C24H27B2N3O3S/c1-23(2)24(3,4)32-26(31-23)20(18-13-8-14-33-18)21(22(30)27-5)25-28-16-11-6-9-15-10-7-12-17(29-25)19(15)16/h6-14,28-29H,1-5H3,(H,27,30)/b21-20+. The van der Waals surface area contributed by atoms with Crippen LogP contribution in [0.15, 0.2) is 59.4 Å². The molecule has 5 rings (SSSR count). The Morgan fingerprint density at radius 3 is 2.06 bits per heavy atom. The molecule has 0 spiro atoms. The molecule has 1 saturated heterocycles. The SMILES string of the molecule is CNC(=O)/C(B1Nc2cccc3cccc(c23)N1)=C(\B1OC(C)(C)C(C)(C)O1)c1cccs1. The van der Waals surface area contributed by atoms with Crippen LogP contribution in [0.1, 0.15) is 32.6 Å². The first-order valence-electron chi connectivity index (χ1n) is 11.1. The Balaban J connectivity index is 1.68. The fourth-order valence-corrected chi connectivity index (χ4v) is 5.18. The number of carbonyl (C=O) groups excluding carboxylic acids is 1. The van der Waals surface area contributed by atoms with Crippen molar-refractivity contribution in [1.29, 1.82) is 0 Å². The van der Waals surface area contributed by atoms with Gasteiger partial charge in [-0.25, -0.2) is 0 Å². The quantitative estimate of drug-likeness (QED) is 0.393. The van der Waals surface area contributed by atoms with E-state index in [0.717, 1.165) is 32.5 Å². The maximum Gasteiger partial charge on any atom is 0.496 e. The zero-order chi connectivity index (χ0) is 23.4. The van der Waals surface area contributed by atoms with Crippen molar-refractivity contribution >= 4 is 59.0 Å². The van der Waals surface area contributed by atoms with Gasteiger partial charge in [-0.2, -0.15) is 0 Å². The number of nitrogens with one attached hydrogen (secondary N) is 3. The van der Waals surface area contributed by atoms with Gasteiger partial charge in [0.15, 0.2) is 0 Å². The van der Waals surface area contributed by atoms with Gasteiger partial charge in [0.25, 0.3) is 0 Å². The zero-order valence-corrected chi connectivity index (χ0v) is 20.3. The molecule has 0 atom stereocenters. The van der Waals surface area contributed by atoms with Crippen LogP contribution in [0.3, 0.4) is 0 Å². The number of anilines is 2. The van der Waals surface area contributed by atoms with Gasteiger partial charge >= 0.3 is 14.1 Å². The highest BCUT2D eigenvalue weighted by atomic mass is 32.1. The van der Waals surface area contributed by atoms with Crippen molar-refractivity contribution in [1.82, 2.24) is 5.32 Å². The normalized spacial score (nSPS) is 19.1. The van der Waals surface area contributed by atoms with E-state index in [9.17, 15) is 4.79 Å². The van der Waals surface area contributed by atoms with Gasteiger partial charge in [0.05, 0.1) is 11.2 Å². The molecule has 1 fully saturated rings. The minimum atomic E-state index is -0.683. The zero-order valence-electron chi connectivity index (χ0n) is 19.5. The minimum Gasteiger partial charge on any atom is -0.405 e. The Hall–Kier alpha value is -2.74. The van der Waals surface area contributed by atoms with Crippen molar-refractivity contribution in [2.24, 2.45) is 0 Å². The summed E-state index contributed by atoms with van der Waals surface area (Å²) >= 11 is 1.56. The molecule has 3 N–H and O–H groups in total. The fraction of sp³-hybridized carbons (Fsp3) is 0.292. The van der Waals surface area contributed by atoms with Crippen molar-refractivity contribution in [3.8, 4) is 0 Å². The summed E-state index contributed by atoms with van der Waals surface area (Å²) in [7, 11) is 0.966. The van der Waals surface area contributed by atoms with E-state index in [1.807, 2.05) is 69.5 Å². The number of thiophene rings is 1. The van der Waals surface area contributed by atoms with Crippen molar-refractivity contribution in [2.45, 2.75) is 38.9 Å². The number of benzene rings is 2. The molecule has 2 aromatic carbocycles. The van der Waals surface area contributed by atoms with Crippen LogP contribution in [-0.4, -0.2) is 38.3 Å². The summed E-state index contributed by atoms with van der Waals surface area (Å²) in [4.78, 5) is 14.4. The van der Waals surface area contributed by atoms with Crippen LogP contribution < -0.4 is 15.8 Å². The number of carbonyl (C=O) groups is 1. The summed E-state index contributed by atoms with van der Waals surface area (Å²) < 4.78 is 12.9. The Bertz CT molecular complexity index is 1200. The lowest BCUT2D eigenvalue weighted by molar-refractivity contribution is -0.116. The van der Waals surface area contributed by atoms with Crippen LogP contribution in [0.25, 0.3) is 16.2 Å². The van der Waals surface area contributed by atoms with Crippen LogP contribution in [0.4, 0.5) is 11.4 Å². The first-order valence-corrected chi connectivity index (χ1v) is 12.0. The van der Waals surface area contributed by atoms with Gasteiger partial charge in [-0.15, -0.1) is 11.3 Å². The van der Waals surface area contributed by atoms with Crippen LogP contribution in [-0.2, 0) is 14.1 Å². The predicted octanol–water partition coefficient (Wildman–Crippen LogP) is 4.60. The summed E-state index contributed by atoms with van der Waals surface area (Å²) in [5.41, 5.74) is 2.18. The average Bonchev–Trinajstić information content (AvgIpc) is 3.37. The number of amides is 1. The molecule has 168 valence electrons. The van der Waals surface area contributed by atoms with E-state index in [4.69, 9.17) is 9.31 Å². The van der Waals surface area contributed by atoms with Gasteiger partial charge in [-0.1, -0.05) is 30.3 Å². The summed E-state index contributed by atoms with van der Waals surface area (Å²) in [6, 6.07) is 16.3. The van der Waals surface area contributed by atoms with Crippen molar-refractivity contribution in [3.63, 3.8) is 0 Å². The third-order valence-corrected chi connectivity index (χ3v) is 7.73. The summed E-state index contributed by atoms with van der Waals surface area (Å²) in [6.07, 6.45) is 0. The van der Waals surface area contributed by atoms with Gasteiger partial charge < -0.3 is 25.1 Å². The monoisotopic (exact) mass is 459 g/mol. The first kappa shape index (κ1) is 22.1. The summed E-state index contributed by atoms with van der Waals surface area (Å²) in [6.45, 7) is 7.61. The van der Waals surface area contributed by atoms with Crippen LogP contribution >= 0.6 is 11.3 Å². The van der Waals surface area contributed by atoms with E-state index in [2.05, 4.69) is 27.9 Å². The molecule has 3 aromatic rings. The van der Waals surface area contributed by atoms with E-state index >= 15 is 0 Å². The minimum absolute atomic E-state index is 0.190. The third-order valence-electron chi connectivity index (χ3n) is 6.83. The molecule has 0 aliphatic carbocycles. The summed E-state index contributed by atoms with van der Waals surface area (Å²) in [5.74, 6) is -0.190. The lowest BCUT2D eigenvalue weighted by Gasteiger charge is -2.32. The van der Waals surface area contributed by atoms with Crippen LogP contribution in [0.5, 0.6) is 0 Å². The molecule has 1 amide bonds. The molecule has 1 aromatic heterocycles. The molecule has 33 heavy (non-hydrogen) atoms.